The predicted molar refractivity (Wildman–Crippen MR) is 131 cm³/mol. The van der Waals surface area contributed by atoms with Crippen molar-refractivity contribution in [3.63, 3.8) is 0 Å². The monoisotopic (exact) mass is 458 g/mol. The molecule has 3 heterocycles. The number of aromatic nitrogens is 4. The van der Waals surface area contributed by atoms with Gasteiger partial charge >= 0.3 is 5.69 Å². The smallest absolute Gasteiger partial charge is 0.332 e. The van der Waals surface area contributed by atoms with E-state index >= 15 is 0 Å². The van der Waals surface area contributed by atoms with E-state index in [-0.39, 0.29) is 24.3 Å². The molecule has 0 aliphatic carbocycles. The Hall–Kier alpha value is -3.98. The highest BCUT2D eigenvalue weighted by Gasteiger charge is 2.25. The minimum absolute atomic E-state index is 0.0249. The van der Waals surface area contributed by atoms with E-state index in [4.69, 9.17) is 0 Å². The summed E-state index contributed by atoms with van der Waals surface area (Å²) in [4.78, 5) is 31.2. The molecule has 0 spiro atoms. The zero-order valence-corrected chi connectivity index (χ0v) is 18.9. The first kappa shape index (κ1) is 21.8. The zero-order valence-electron chi connectivity index (χ0n) is 18.9. The van der Waals surface area contributed by atoms with Gasteiger partial charge in [0.2, 0.25) is 5.95 Å². The van der Waals surface area contributed by atoms with Crippen LogP contribution in [0.5, 0.6) is 0 Å². The number of aliphatic hydroxyl groups is 1. The standard InChI is InChI=1S/C25H26N6O3/c1-2-13-29-23(33)21-22(31(25(29)34)15-19(32)14-17-9-5-3-6-10-17)26-24-28-27-20(16-30(21)24)18-11-7-4-8-12-18/h3-12,19,32H,2,13-16H2,1H3,(H,26,28). The van der Waals surface area contributed by atoms with Gasteiger partial charge in [-0.15, -0.1) is 0 Å². The third-order valence-corrected chi connectivity index (χ3v) is 5.97. The molecule has 0 saturated heterocycles. The average molecular weight is 459 g/mol. The number of nitrogens with zero attached hydrogens (tertiary/aromatic N) is 5. The summed E-state index contributed by atoms with van der Waals surface area (Å²) in [6, 6.07) is 19.3. The largest absolute Gasteiger partial charge is 0.391 e. The van der Waals surface area contributed by atoms with Gasteiger partial charge in [-0.2, -0.15) is 10.1 Å². The Morgan fingerprint density at radius 2 is 1.74 bits per heavy atom. The Balaban J connectivity index is 1.59. The molecule has 1 atom stereocenters. The third-order valence-electron chi connectivity index (χ3n) is 5.97. The fourth-order valence-corrected chi connectivity index (χ4v) is 4.37. The van der Waals surface area contributed by atoms with Crippen molar-refractivity contribution < 1.29 is 5.11 Å². The summed E-state index contributed by atoms with van der Waals surface area (Å²) in [6.45, 7) is 2.57. The summed E-state index contributed by atoms with van der Waals surface area (Å²) in [5.74, 6) is 0.395. The number of imidazole rings is 1. The van der Waals surface area contributed by atoms with Crippen molar-refractivity contribution in [2.45, 2.75) is 45.5 Å². The Morgan fingerprint density at radius 3 is 2.44 bits per heavy atom. The molecule has 0 fully saturated rings. The minimum atomic E-state index is -0.821. The number of rotatable bonds is 7. The Labute approximate surface area is 195 Å². The van der Waals surface area contributed by atoms with Crippen molar-refractivity contribution in [1.82, 2.24) is 18.7 Å². The molecule has 34 heavy (non-hydrogen) atoms. The van der Waals surface area contributed by atoms with Gasteiger partial charge in [0.1, 0.15) is 0 Å². The molecule has 2 N–H and O–H groups in total. The molecular weight excluding hydrogens is 432 g/mol. The van der Waals surface area contributed by atoms with Gasteiger partial charge in [-0.25, -0.2) is 10.2 Å². The highest BCUT2D eigenvalue weighted by Crippen LogP contribution is 2.21. The second kappa shape index (κ2) is 9.11. The number of hydrogen-bond acceptors (Lipinski definition) is 6. The number of benzene rings is 2. The molecule has 0 saturated carbocycles. The van der Waals surface area contributed by atoms with Gasteiger partial charge in [-0.05, 0) is 17.5 Å². The summed E-state index contributed by atoms with van der Waals surface area (Å²) in [6.07, 6.45) is 0.191. The van der Waals surface area contributed by atoms with E-state index < -0.39 is 11.8 Å². The molecule has 0 radical (unpaired) electrons. The van der Waals surface area contributed by atoms with Gasteiger partial charge in [-0.3, -0.25) is 18.5 Å². The number of hydrazone groups is 1. The molecule has 1 aliphatic heterocycles. The average Bonchev–Trinajstić information content (AvgIpc) is 3.24. The number of hydrogen-bond donors (Lipinski definition) is 2. The van der Waals surface area contributed by atoms with Gasteiger partial charge in [-0.1, -0.05) is 67.6 Å². The van der Waals surface area contributed by atoms with Gasteiger partial charge in [0.25, 0.3) is 5.56 Å². The maximum Gasteiger partial charge on any atom is 0.332 e. The number of fused-ring (bicyclic) bond motifs is 3. The first-order chi connectivity index (χ1) is 16.6. The van der Waals surface area contributed by atoms with Crippen LogP contribution in [0.25, 0.3) is 11.2 Å². The lowest BCUT2D eigenvalue weighted by Gasteiger charge is -2.17. The van der Waals surface area contributed by atoms with Crippen molar-refractivity contribution in [1.29, 1.82) is 0 Å². The van der Waals surface area contributed by atoms with E-state index in [1.807, 2.05) is 67.6 Å². The van der Waals surface area contributed by atoms with Crippen molar-refractivity contribution >= 4 is 22.8 Å². The first-order valence-corrected chi connectivity index (χ1v) is 11.4. The van der Waals surface area contributed by atoms with Crippen LogP contribution in [0.3, 0.4) is 0 Å². The summed E-state index contributed by atoms with van der Waals surface area (Å²) in [5.41, 5.74) is 5.32. The normalized spacial score (nSPS) is 13.9. The van der Waals surface area contributed by atoms with Gasteiger partial charge in [0, 0.05) is 13.0 Å². The lowest BCUT2D eigenvalue weighted by molar-refractivity contribution is 0.153. The summed E-state index contributed by atoms with van der Waals surface area (Å²) in [5, 5.41) is 15.2. The lowest BCUT2D eigenvalue weighted by atomic mass is 10.1. The van der Waals surface area contributed by atoms with E-state index in [9.17, 15) is 14.7 Å². The van der Waals surface area contributed by atoms with Crippen LogP contribution in [0.15, 0.2) is 75.4 Å². The molecular formula is C25H26N6O3. The van der Waals surface area contributed by atoms with Crippen LogP contribution in [0.1, 0.15) is 24.5 Å². The second-order valence-electron chi connectivity index (χ2n) is 8.42. The topological polar surface area (TPSA) is 106 Å². The minimum Gasteiger partial charge on any atom is -0.391 e. The van der Waals surface area contributed by atoms with Gasteiger partial charge in [0.15, 0.2) is 11.2 Å². The number of aliphatic hydroxyl groups excluding tert-OH is 1. The molecule has 5 rings (SSSR count). The molecule has 174 valence electrons. The van der Waals surface area contributed by atoms with Crippen LogP contribution < -0.4 is 16.7 Å². The third kappa shape index (κ3) is 3.94. The van der Waals surface area contributed by atoms with Crippen LogP contribution in [0, 0.1) is 0 Å². The summed E-state index contributed by atoms with van der Waals surface area (Å²) < 4.78 is 4.41. The highest BCUT2D eigenvalue weighted by atomic mass is 16.3. The van der Waals surface area contributed by atoms with E-state index in [1.54, 1.807) is 4.57 Å². The second-order valence-corrected chi connectivity index (χ2v) is 8.42. The van der Waals surface area contributed by atoms with E-state index in [0.717, 1.165) is 16.8 Å². The fourth-order valence-electron chi connectivity index (χ4n) is 4.37. The Kier molecular flexibility index (Phi) is 5.85. The number of anilines is 1. The van der Waals surface area contributed by atoms with Crippen LogP contribution in [0.2, 0.25) is 0 Å². The van der Waals surface area contributed by atoms with E-state index in [2.05, 4.69) is 15.5 Å². The summed E-state index contributed by atoms with van der Waals surface area (Å²) >= 11 is 0. The van der Waals surface area contributed by atoms with E-state index in [0.29, 0.717) is 30.9 Å². The van der Waals surface area contributed by atoms with Crippen LogP contribution in [0.4, 0.5) is 5.95 Å². The quantitative estimate of drug-likeness (QED) is 0.442. The lowest BCUT2D eigenvalue weighted by Crippen LogP contribution is -2.42. The fraction of sp³-hybridized carbons (Fsp3) is 0.280. The van der Waals surface area contributed by atoms with Gasteiger partial charge in [0.05, 0.1) is 24.9 Å². The molecule has 2 aromatic carbocycles. The molecule has 4 aromatic rings. The summed E-state index contributed by atoms with van der Waals surface area (Å²) in [7, 11) is 0. The predicted octanol–water partition coefficient (Wildman–Crippen LogP) is 2.20. The van der Waals surface area contributed by atoms with Crippen LogP contribution in [-0.2, 0) is 26.1 Å². The Bertz CT molecular complexity index is 1470. The molecule has 1 unspecified atom stereocenters. The van der Waals surface area contributed by atoms with Crippen molar-refractivity contribution in [2.24, 2.45) is 5.10 Å². The molecule has 0 amide bonds. The molecule has 9 heteroatoms. The molecule has 2 aromatic heterocycles. The zero-order chi connectivity index (χ0) is 23.7. The van der Waals surface area contributed by atoms with Crippen molar-refractivity contribution in [3.8, 4) is 0 Å². The molecule has 1 aliphatic rings. The molecule has 9 nitrogen and oxygen atoms in total. The highest BCUT2D eigenvalue weighted by molar-refractivity contribution is 6.02. The van der Waals surface area contributed by atoms with Crippen molar-refractivity contribution in [3.05, 3.63) is 92.6 Å². The number of nitrogens with one attached hydrogen (secondary N) is 1. The Morgan fingerprint density at radius 1 is 1.03 bits per heavy atom. The SMILES string of the molecule is CCCn1c(=O)c2c(nc3n2CC(c2ccccc2)=NN3)n(CC(O)Cc2ccccc2)c1=O. The van der Waals surface area contributed by atoms with Crippen LogP contribution >= 0.6 is 0 Å². The van der Waals surface area contributed by atoms with E-state index in [1.165, 1.54) is 9.13 Å². The maximum atomic E-state index is 13.4. The van der Waals surface area contributed by atoms with Crippen molar-refractivity contribution in [2.75, 3.05) is 5.43 Å². The van der Waals surface area contributed by atoms with Crippen LogP contribution in [-0.4, -0.2) is 35.6 Å². The maximum absolute atomic E-state index is 13.4. The van der Waals surface area contributed by atoms with Gasteiger partial charge < -0.3 is 5.11 Å². The molecule has 0 bridgehead atoms. The first-order valence-electron chi connectivity index (χ1n) is 11.4.